The van der Waals surface area contributed by atoms with Gasteiger partial charge in [0.1, 0.15) is 5.82 Å². The lowest BCUT2D eigenvalue weighted by molar-refractivity contribution is 0.543. The van der Waals surface area contributed by atoms with Crippen LogP contribution in [0.5, 0.6) is 0 Å². The number of hydrogen-bond acceptors (Lipinski definition) is 2. The third-order valence-corrected chi connectivity index (χ3v) is 4.46. The first-order chi connectivity index (χ1) is 9.15. The molecule has 3 aliphatic rings. The molecule has 0 saturated carbocycles. The molecule has 1 aromatic heterocycles. The Labute approximate surface area is 111 Å². The van der Waals surface area contributed by atoms with Crippen molar-refractivity contribution in [3.05, 3.63) is 46.9 Å². The zero-order valence-electron chi connectivity index (χ0n) is 10.8. The lowest BCUT2D eigenvalue weighted by Gasteiger charge is -2.34. The summed E-state index contributed by atoms with van der Waals surface area (Å²) in [7, 11) is 0. The van der Waals surface area contributed by atoms with E-state index in [-0.39, 0.29) is 5.82 Å². The van der Waals surface area contributed by atoms with E-state index in [2.05, 4.69) is 17.1 Å². The Morgan fingerprint density at radius 2 is 1.95 bits per heavy atom. The van der Waals surface area contributed by atoms with E-state index in [1.54, 1.807) is 6.92 Å². The summed E-state index contributed by atoms with van der Waals surface area (Å²) in [5.74, 6) is 0.536. The number of benzene rings is 1. The average molecular weight is 254 g/mol. The molecule has 0 saturated heterocycles. The van der Waals surface area contributed by atoms with Crippen molar-refractivity contribution in [3.8, 4) is 0 Å². The van der Waals surface area contributed by atoms with Crippen molar-refractivity contribution in [2.24, 2.45) is 0 Å². The van der Waals surface area contributed by atoms with E-state index < -0.39 is 0 Å². The minimum absolute atomic E-state index is 0.212. The molecule has 0 radical (unpaired) electrons. The lowest BCUT2D eigenvalue weighted by Crippen LogP contribution is -2.20. The minimum atomic E-state index is -0.212. The highest BCUT2D eigenvalue weighted by Gasteiger charge is 2.32. The molecule has 2 atom stereocenters. The summed E-state index contributed by atoms with van der Waals surface area (Å²) in [4.78, 5) is 4.69. The smallest absolute Gasteiger partial charge is 0.128 e. The number of aromatic nitrogens is 1. The Morgan fingerprint density at radius 3 is 2.68 bits per heavy atom. The van der Waals surface area contributed by atoms with Crippen LogP contribution in [0, 0.1) is 12.7 Å². The molecule has 3 aliphatic carbocycles. The number of anilines is 1. The van der Waals surface area contributed by atoms with Gasteiger partial charge >= 0.3 is 0 Å². The average Bonchev–Trinajstić information content (AvgIpc) is 2.42. The van der Waals surface area contributed by atoms with Crippen LogP contribution in [0.15, 0.2) is 24.3 Å². The number of nitrogens with two attached hydrogens (primary N) is 1. The van der Waals surface area contributed by atoms with Gasteiger partial charge in [-0.15, -0.1) is 0 Å². The minimum Gasteiger partial charge on any atom is -0.398 e. The first kappa shape index (κ1) is 11.0. The summed E-state index contributed by atoms with van der Waals surface area (Å²) in [5, 5.41) is 0.888. The van der Waals surface area contributed by atoms with Crippen LogP contribution in [0.4, 0.5) is 10.1 Å². The van der Waals surface area contributed by atoms with E-state index in [9.17, 15) is 4.39 Å². The van der Waals surface area contributed by atoms with Crippen LogP contribution < -0.4 is 5.73 Å². The summed E-state index contributed by atoms with van der Waals surface area (Å²) in [5.41, 5.74) is 10.7. The first-order valence-corrected chi connectivity index (χ1v) is 6.72. The van der Waals surface area contributed by atoms with E-state index in [0.717, 1.165) is 29.6 Å². The molecular weight excluding hydrogens is 239 g/mol. The van der Waals surface area contributed by atoms with Crippen molar-refractivity contribution in [2.75, 3.05) is 5.73 Å². The van der Waals surface area contributed by atoms with Gasteiger partial charge in [-0.2, -0.15) is 0 Å². The number of nitrogen functional groups attached to an aromatic ring is 1. The molecule has 5 rings (SSSR count). The topological polar surface area (TPSA) is 38.9 Å². The Kier molecular flexibility index (Phi) is 2.06. The molecule has 1 aromatic carbocycles. The quantitative estimate of drug-likeness (QED) is 0.726. The van der Waals surface area contributed by atoms with Gasteiger partial charge in [-0.05, 0) is 31.4 Å². The van der Waals surface area contributed by atoms with E-state index in [4.69, 9.17) is 5.73 Å². The largest absolute Gasteiger partial charge is 0.398 e. The van der Waals surface area contributed by atoms with Crippen LogP contribution in [0.2, 0.25) is 0 Å². The highest BCUT2D eigenvalue weighted by Crippen LogP contribution is 2.48. The Bertz CT molecular complexity index is 733. The predicted molar refractivity (Wildman–Crippen MR) is 74.7 cm³/mol. The number of rotatable bonds is 0. The summed E-state index contributed by atoms with van der Waals surface area (Å²) >= 11 is 0. The van der Waals surface area contributed by atoms with Crippen LogP contribution >= 0.6 is 0 Å². The fourth-order valence-electron chi connectivity index (χ4n) is 3.41. The lowest BCUT2D eigenvalue weighted by atomic mass is 9.73. The van der Waals surface area contributed by atoms with Gasteiger partial charge in [0.25, 0.3) is 0 Å². The summed E-state index contributed by atoms with van der Waals surface area (Å²) in [6.45, 7) is 1.76. The normalized spacial score (nSPS) is 23.9. The van der Waals surface area contributed by atoms with Crippen molar-refractivity contribution < 1.29 is 4.39 Å². The SMILES string of the molecule is Cc1cc2c(N)c3c(nc2cc1F)C1C=CC3CC1. The number of aryl methyl sites for hydroxylation is 1. The van der Waals surface area contributed by atoms with Gasteiger partial charge in [-0.1, -0.05) is 12.2 Å². The highest BCUT2D eigenvalue weighted by molar-refractivity contribution is 5.93. The monoisotopic (exact) mass is 254 g/mol. The molecule has 0 aliphatic heterocycles. The molecule has 2 N–H and O–H groups in total. The maximum absolute atomic E-state index is 13.7. The third-order valence-electron chi connectivity index (χ3n) is 4.46. The number of fused-ring (bicyclic) bond motifs is 2. The molecule has 2 bridgehead atoms. The van der Waals surface area contributed by atoms with Gasteiger partial charge in [0.2, 0.25) is 0 Å². The van der Waals surface area contributed by atoms with Crippen LogP contribution in [0.3, 0.4) is 0 Å². The van der Waals surface area contributed by atoms with Gasteiger partial charge in [0, 0.05) is 34.5 Å². The molecule has 19 heavy (non-hydrogen) atoms. The molecule has 0 fully saturated rings. The number of halogens is 1. The van der Waals surface area contributed by atoms with E-state index in [0.29, 0.717) is 22.9 Å². The predicted octanol–water partition coefficient (Wildman–Crippen LogP) is 3.80. The first-order valence-electron chi connectivity index (χ1n) is 6.72. The molecular formula is C16H15FN2. The van der Waals surface area contributed by atoms with Crippen molar-refractivity contribution >= 4 is 16.6 Å². The maximum atomic E-state index is 13.7. The highest BCUT2D eigenvalue weighted by atomic mass is 19.1. The fraction of sp³-hybridized carbons (Fsp3) is 0.312. The second-order valence-corrected chi connectivity index (χ2v) is 5.62. The van der Waals surface area contributed by atoms with Gasteiger partial charge in [0.05, 0.1) is 11.2 Å². The van der Waals surface area contributed by atoms with Gasteiger partial charge in [-0.3, -0.25) is 4.98 Å². The van der Waals surface area contributed by atoms with Crippen molar-refractivity contribution in [3.63, 3.8) is 0 Å². The summed E-state index contributed by atoms with van der Waals surface area (Å²) in [6.07, 6.45) is 6.74. The number of nitrogens with zero attached hydrogens (tertiary/aromatic N) is 1. The number of allylic oxidation sites excluding steroid dienone is 2. The van der Waals surface area contributed by atoms with Crippen LogP contribution in [0.25, 0.3) is 10.9 Å². The van der Waals surface area contributed by atoms with Gasteiger partial charge in [0.15, 0.2) is 0 Å². The molecule has 1 heterocycles. The van der Waals surface area contributed by atoms with E-state index in [1.165, 1.54) is 11.6 Å². The molecule has 3 heteroatoms. The van der Waals surface area contributed by atoms with Crippen molar-refractivity contribution in [1.29, 1.82) is 0 Å². The Hall–Kier alpha value is -1.90. The zero-order valence-corrected chi connectivity index (χ0v) is 10.8. The summed E-state index contributed by atoms with van der Waals surface area (Å²) < 4.78 is 13.7. The molecule has 0 spiro atoms. The van der Waals surface area contributed by atoms with Crippen LogP contribution in [-0.2, 0) is 0 Å². The Morgan fingerprint density at radius 1 is 1.21 bits per heavy atom. The summed E-state index contributed by atoms with van der Waals surface area (Å²) in [6, 6.07) is 3.33. The van der Waals surface area contributed by atoms with E-state index in [1.807, 2.05) is 6.07 Å². The van der Waals surface area contributed by atoms with Crippen molar-refractivity contribution in [2.45, 2.75) is 31.6 Å². The standard InChI is InChI=1S/C16H15FN2/c1-8-6-11-13(7-12(8)17)19-16-10-4-2-9(3-5-10)14(16)15(11)18/h2,4,6-7,9-10H,3,5H2,1H3,(H2,18,19). The van der Waals surface area contributed by atoms with Gasteiger partial charge in [-0.25, -0.2) is 4.39 Å². The second kappa shape index (κ2) is 3.56. The fourth-order valence-corrected chi connectivity index (χ4v) is 3.41. The van der Waals surface area contributed by atoms with Crippen LogP contribution in [-0.4, -0.2) is 4.98 Å². The second-order valence-electron chi connectivity index (χ2n) is 5.62. The Balaban J connectivity index is 2.10. The molecule has 96 valence electrons. The van der Waals surface area contributed by atoms with Gasteiger partial charge < -0.3 is 5.73 Å². The maximum Gasteiger partial charge on any atom is 0.128 e. The third kappa shape index (κ3) is 1.38. The number of pyridine rings is 1. The van der Waals surface area contributed by atoms with Crippen LogP contribution in [0.1, 0.15) is 41.5 Å². The molecule has 2 aromatic rings. The molecule has 2 nitrogen and oxygen atoms in total. The van der Waals surface area contributed by atoms with E-state index >= 15 is 0 Å². The molecule has 0 amide bonds. The zero-order chi connectivity index (χ0) is 13.1. The molecule has 2 unspecified atom stereocenters. The number of hydrogen-bond donors (Lipinski definition) is 1. The van der Waals surface area contributed by atoms with Crippen molar-refractivity contribution in [1.82, 2.24) is 4.98 Å².